The summed E-state index contributed by atoms with van der Waals surface area (Å²) in [5.74, 6) is 0.742. The quantitative estimate of drug-likeness (QED) is 0.397. The number of ether oxygens (including phenoxy) is 1. The van der Waals surface area contributed by atoms with Gasteiger partial charge >= 0.3 is 5.97 Å². The Morgan fingerprint density at radius 3 is 2.86 bits per heavy atom. The van der Waals surface area contributed by atoms with Crippen molar-refractivity contribution >= 4 is 40.0 Å². The van der Waals surface area contributed by atoms with Crippen molar-refractivity contribution in [3.05, 3.63) is 34.9 Å². The molecule has 0 aliphatic rings. The number of rotatable bonds is 9. The average Bonchev–Trinajstić information content (AvgIpc) is 3.41. The summed E-state index contributed by atoms with van der Waals surface area (Å²) in [5.41, 5.74) is 0.377. The molecule has 0 saturated heterocycles. The first-order chi connectivity index (χ1) is 14.0. The third-order valence-corrected chi connectivity index (χ3v) is 5.77. The van der Waals surface area contributed by atoms with Crippen LogP contribution in [0.25, 0.3) is 11.6 Å². The van der Waals surface area contributed by atoms with E-state index in [2.05, 4.69) is 22.4 Å². The van der Waals surface area contributed by atoms with E-state index in [1.165, 1.54) is 23.1 Å². The predicted molar refractivity (Wildman–Crippen MR) is 112 cm³/mol. The van der Waals surface area contributed by atoms with Gasteiger partial charge in [-0.15, -0.1) is 21.5 Å². The van der Waals surface area contributed by atoms with E-state index in [1.54, 1.807) is 25.3 Å². The number of nitrogens with one attached hydrogen (secondary N) is 1. The van der Waals surface area contributed by atoms with Gasteiger partial charge in [0.15, 0.2) is 16.7 Å². The molecule has 3 aromatic rings. The van der Waals surface area contributed by atoms with Crippen molar-refractivity contribution in [3.8, 4) is 11.6 Å². The molecule has 0 unspecified atom stereocenters. The zero-order chi connectivity index (χ0) is 20.8. The number of esters is 1. The highest BCUT2D eigenvalue weighted by Crippen LogP contribution is 2.29. The second-order valence-corrected chi connectivity index (χ2v) is 8.29. The van der Waals surface area contributed by atoms with E-state index in [1.807, 2.05) is 17.6 Å². The Balaban J connectivity index is 1.68. The molecule has 29 heavy (non-hydrogen) atoms. The Kier molecular flexibility index (Phi) is 7.10. The summed E-state index contributed by atoms with van der Waals surface area (Å²) in [6.45, 7) is 6.67. The lowest BCUT2D eigenvalue weighted by molar-refractivity contribution is -0.113. The number of amides is 1. The topological polar surface area (TPSA) is 99.2 Å². The number of hydrogen-bond acceptors (Lipinski definition) is 8. The van der Waals surface area contributed by atoms with Gasteiger partial charge in [0, 0.05) is 11.4 Å². The lowest BCUT2D eigenvalue weighted by Crippen LogP contribution is -2.16. The van der Waals surface area contributed by atoms with Crippen molar-refractivity contribution < 1.29 is 18.7 Å². The SMILES string of the molecule is CCCn1c(SCC(=O)Nc2sc(C)cc2C(=O)OCC)nnc1-c1ccco1. The lowest BCUT2D eigenvalue weighted by Gasteiger charge is -2.08. The summed E-state index contributed by atoms with van der Waals surface area (Å²) in [4.78, 5) is 25.5. The maximum Gasteiger partial charge on any atom is 0.341 e. The Morgan fingerprint density at radius 2 is 2.17 bits per heavy atom. The predicted octanol–water partition coefficient (Wildman–Crippen LogP) is 4.23. The monoisotopic (exact) mass is 434 g/mol. The molecule has 10 heteroatoms. The van der Waals surface area contributed by atoms with Crippen LogP contribution < -0.4 is 5.32 Å². The van der Waals surface area contributed by atoms with Gasteiger partial charge in [-0.2, -0.15) is 0 Å². The van der Waals surface area contributed by atoms with Crippen molar-refractivity contribution in [1.82, 2.24) is 14.8 Å². The van der Waals surface area contributed by atoms with Gasteiger partial charge in [-0.1, -0.05) is 18.7 Å². The number of aromatic nitrogens is 3. The van der Waals surface area contributed by atoms with Crippen LogP contribution in [0.2, 0.25) is 0 Å². The van der Waals surface area contributed by atoms with E-state index < -0.39 is 5.97 Å². The molecule has 3 aromatic heterocycles. The molecule has 154 valence electrons. The molecule has 0 aliphatic carbocycles. The van der Waals surface area contributed by atoms with Crippen LogP contribution in [-0.4, -0.2) is 39.0 Å². The Hall–Kier alpha value is -2.59. The molecule has 0 radical (unpaired) electrons. The first-order valence-corrected chi connectivity index (χ1v) is 11.0. The minimum absolute atomic E-state index is 0.138. The summed E-state index contributed by atoms with van der Waals surface area (Å²) < 4.78 is 12.4. The highest BCUT2D eigenvalue weighted by atomic mass is 32.2. The summed E-state index contributed by atoms with van der Waals surface area (Å²) in [5, 5.41) is 12.4. The maximum atomic E-state index is 12.5. The van der Waals surface area contributed by atoms with Crippen LogP contribution in [-0.2, 0) is 16.1 Å². The van der Waals surface area contributed by atoms with E-state index in [0.29, 0.717) is 33.9 Å². The molecule has 3 rings (SSSR count). The first-order valence-electron chi connectivity index (χ1n) is 9.20. The van der Waals surface area contributed by atoms with Crippen LogP contribution in [0.1, 0.15) is 35.5 Å². The Morgan fingerprint density at radius 1 is 1.34 bits per heavy atom. The molecule has 1 N–H and O–H groups in total. The van der Waals surface area contributed by atoms with Crippen LogP contribution in [0.5, 0.6) is 0 Å². The molecule has 0 aromatic carbocycles. The molecule has 0 saturated carbocycles. The molecule has 1 amide bonds. The van der Waals surface area contributed by atoms with Gasteiger partial charge < -0.3 is 14.5 Å². The normalized spacial score (nSPS) is 10.9. The van der Waals surface area contributed by atoms with Crippen molar-refractivity contribution in [2.45, 2.75) is 38.9 Å². The summed E-state index contributed by atoms with van der Waals surface area (Å²) in [7, 11) is 0. The molecule has 0 atom stereocenters. The lowest BCUT2D eigenvalue weighted by atomic mass is 10.3. The van der Waals surface area contributed by atoms with Gasteiger partial charge in [0.2, 0.25) is 5.91 Å². The molecule has 0 aliphatic heterocycles. The van der Waals surface area contributed by atoms with Crippen LogP contribution in [0.15, 0.2) is 34.0 Å². The fourth-order valence-corrected chi connectivity index (χ4v) is 4.35. The number of carbonyl (C=O) groups is 2. The Bertz CT molecular complexity index is 979. The molecule has 8 nitrogen and oxygen atoms in total. The number of aryl methyl sites for hydroxylation is 1. The minimum Gasteiger partial charge on any atom is -0.462 e. The number of anilines is 1. The fraction of sp³-hybridized carbons (Fsp3) is 0.368. The van der Waals surface area contributed by atoms with Gasteiger partial charge in [-0.05, 0) is 38.5 Å². The van der Waals surface area contributed by atoms with E-state index in [9.17, 15) is 9.59 Å². The zero-order valence-corrected chi connectivity index (χ0v) is 18.1. The smallest absolute Gasteiger partial charge is 0.341 e. The van der Waals surface area contributed by atoms with E-state index in [0.717, 1.165) is 11.3 Å². The number of carbonyl (C=O) groups excluding carboxylic acids is 2. The summed E-state index contributed by atoms with van der Waals surface area (Å²) in [6.07, 6.45) is 2.48. The van der Waals surface area contributed by atoms with Crippen LogP contribution in [0, 0.1) is 6.92 Å². The van der Waals surface area contributed by atoms with Crippen molar-refractivity contribution in [1.29, 1.82) is 0 Å². The molecule has 0 bridgehead atoms. The fourth-order valence-electron chi connectivity index (χ4n) is 2.67. The zero-order valence-electron chi connectivity index (χ0n) is 16.4. The van der Waals surface area contributed by atoms with Gasteiger partial charge in [-0.3, -0.25) is 9.36 Å². The maximum absolute atomic E-state index is 12.5. The molecular formula is C19H22N4O4S2. The largest absolute Gasteiger partial charge is 0.462 e. The Labute approximate surface area is 176 Å². The molecule has 0 fully saturated rings. The second kappa shape index (κ2) is 9.75. The van der Waals surface area contributed by atoms with Crippen LogP contribution >= 0.6 is 23.1 Å². The highest BCUT2D eigenvalue weighted by Gasteiger charge is 2.20. The first kappa shape index (κ1) is 21.1. The summed E-state index contributed by atoms with van der Waals surface area (Å²) in [6, 6.07) is 5.34. The van der Waals surface area contributed by atoms with Crippen molar-refractivity contribution in [3.63, 3.8) is 0 Å². The van der Waals surface area contributed by atoms with Gasteiger partial charge in [-0.25, -0.2) is 4.79 Å². The highest BCUT2D eigenvalue weighted by molar-refractivity contribution is 7.99. The number of thiophene rings is 1. The van der Waals surface area contributed by atoms with Gasteiger partial charge in [0.25, 0.3) is 0 Å². The van der Waals surface area contributed by atoms with Crippen molar-refractivity contribution in [2.24, 2.45) is 0 Å². The minimum atomic E-state index is -0.439. The number of hydrogen-bond donors (Lipinski definition) is 1. The molecular weight excluding hydrogens is 412 g/mol. The number of thioether (sulfide) groups is 1. The number of nitrogens with zero attached hydrogens (tertiary/aromatic N) is 3. The second-order valence-electron chi connectivity index (χ2n) is 6.09. The van der Waals surface area contributed by atoms with Gasteiger partial charge in [0.05, 0.1) is 24.2 Å². The van der Waals surface area contributed by atoms with E-state index in [4.69, 9.17) is 9.15 Å². The van der Waals surface area contributed by atoms with Crippen molar-refractivity contribution in [2.75, 3.05) is 17.7 Å². The van der Waals surface area contributed by atoms with Gasteiger partial charge in [0.1, 0.15) is 5.00 Å². The number of furan rings is 1. The van der Waals surface area contributed by atoms with Crippen LogP contribution in [0.4, 0.5) is 5.00 Å². The third-order valence-electron chi connectivity index (χ3n) is 3.84. The van der Waals surface area contributed by atoms with E-state index >= 15 is 0 Å². The van der Waals surface area contributed by atoms with Crippen LogP contribution in [0.3, 0.4) is 0 Å². The average molecular weight is 435 g/mol. The molecule has 0 spiro atoms. The molecule has 3 heterocycles. The van der Waals surface area contributed by atoms with E-state index in [-0.39, 0.29) is 18.3 Å². The summed E-state index contributed by atoms with van der Waals surface area (Å²) >= 11 is 2.63. The third kappa shape index (κ3) is 5.07. The standard InChI is InChI=1S/C19H22N4O4S2/c1-4-8-23-16(14-7-6-9-27-14)21-22-19(23)28-11-15(24)20-17-13(10-12(3)29-17)18(25)26-5-2/h6-7,9-10H,4-5,8,11H2,1-3H3,(H,20,24).